The van der Waals surface area contributed by atoms with Crippen molar-refractivity contribution >= 4 is 0 Å². The number of benzene rings is 1. The average molecular weight is 273 g/mol. The summed E-state index contributed by atoms with van der Waals surface area (Å²) < 4.78 is 0. The Balaban J connectivity index is 1.83. The molecule has 0 heterocycles. The first-order valence-electron chi connectivity index (χ1n) is 8.38. The lowest BCUT2D eigenvalue weighted by molar-refractivity contribution is 0.389. The molecule has 1 heteroatoms. The van der Waals surface area contributed by atoms with Crippen LogP contribution in [-0.2, 0) is 12.0 Å². The Morgan fingerprint density at radius 1 is 0.900 bits per heavy atom. The lowest BCUT2D eigenvalue weighted by atomic mass is 9.87. The van der Waals surface area contributed by atoms with Gasteiger partial charge in [-0.15, -0.1) is 0 Å². The quantitative estimate of drug-likeness (QED) is 0.799. The SMILES string of the molecule is CC(C)(C)c1ccc(CNC2CCCCCCC2)cc1. The van der Waals surface area contributed by atoms with Crippen LogP contribution in [0.2, 0.25) is 0 Å². The summed E-state index contributed by atoms with van der Waals surface area (Å²) >= 11 is 0. The maximum absolute atomic E-state index is 3.76. The van der Waals surface area contributed by atoms with Crippen molar-refractivity contribution in [2.24, 2.45) is 0 Å². The lowest BCUT2D eigenvalue weighted by Crippen LogP contribution is -2.29. The van der Waals surface area contributed by atoms with Gasteiger partial charge in [-0.25, -0.2) is 0 Å². The Bertz CT molecular complexity index is 377. The second kappa shape index (κ2) is 7.26. The van der Waals surface area contributed by atoms with Crippen LogP contribution < -0.4 is 5.32 Å². The fraction of sp³-hybridized carbons (Fsp3) is 0.684. The molecule has 0 aliphatic heterocycles. The van der Waals surface area contributed by atoms with E-state index in [2.05, 4.69) is 50.4 Å². The maximum atomic E-state index is 3.76. The molecule has 1 aromatic rings. The topological polar surface area (TPSA) is 12.0 Å². The molecule has 1 saturated carbocycles. The molecular weight excluding hydrogens is 242 g/mol. The molecule has 20 heavy (non-hydrogen) atoms. The Morgan fingerprint density at radius 2 is 1.45 bits per heavy atom. The van der Waals surface area contributed by atoms with E-state index in [1.807, 2.05) is 0 Å². The van der Waals surface area contributed by atoms with Gasteiger partial charge in [-0.05, 0) is 29.4 Å². The van der Waals surface area contributed by atoms with Crippen molar-refractivity contribution in [3.8, 4) is 0 Å². The van der Waals surface area contributed by atoms with Crippen molar-refractivity contribution in [2.45, 2.75) is 83.7 Å². The minimum absolute atomic E-state index is 0.255. The molecule has 0 amide bonds. The highest BCUT2D eigenvalue weighted by Crippen LogP contribution is 2.22. The third kappa shape index (κ3) is 4.94. The van der Waals surface area contributed by atoms with Gasteiger partial charge in [0.2, 0.25) is 0 Å². The standard InChI is InChI=1S/C19H31N/c1-19(2,3)17-13-11-16(12-14-17)15-20-18-9-7-5-4-6-8-10-18/h11-14,18,20H,4-10,15H2,1-3H3. The molecule has 0 atom stereocenters. The molecule has 0 saturated heterocycles. The molecule has 0 bridgehead atoms. The van der Waals surface area contributed by atoms with E-state index < -0.39 is 0 Å². The van der Waals surface area contributed by atoms with E-state index >= 15 is 0 Å². The van der Waals surface area contributed by atoms with Crippen molar-refractivity contribution in [3.05, 3.63) is 35.4 Å². The smallest absolute Gasteiger partial charge is 0.0208 e. The van der Waals surface area contributed by atoms with Crippen LogP contribution in [0.15, 0.2) is 24.3 Å². The zero-order valence-electron chi connectivity index (χ0n) is 13.5. The number of hydrogen-bond acceptors (Lipinski definition) is 1. The highest BCUT2D eigenvalue weighted by atomic mass is 14.9. The molecular formula is C19H31N. The zero-order valence-corrected chi connectivity index (χ0v) is 13.5. The number of rotatable bonds is 3. The number of nitrogens with one attached hydrogen (secondary N) is 1. The van der Waals surface area contributed by atoms with Crippen molar-refractivity contribution < 1.29 is 0 Å². The summed E-state index contributed by atoms with van der Waals surface area (Å²) in [5.41, 5.74) is 3.10. The predicted molar refractivity (Wildman–Crippen MR) is 88.1 cm³/mol. The third-order valence-corrected chi connectivity index (χ3v) is 4.52. The van der Waals surface area contributed by atoms with Crippen molar-refractivity contribution in [1.29, 1.82) is 0 Å². The van der Waals surface area contributed by atoms with E-state index in [9.17, 15) is 0 Å². The van der Waals surface area contributed by atoms with Crippen LogP contribution in [-0.4, -0.2) is 6.04 Å². The second-order valence-electron chi connectivity index (χ2n) is 7.37. The van der Waals surface area contributed by atoms with E-state index in [-0.39, 0.29) is 5.41 Å². The van der Waals surface area contributed by atoms with Crippen LogP contribution in [0.1, 0.15) is 76.8 Å². The molecule has 0 radical (unpaired) electrons. The van der Waals surface area contributed by atoms with Gasteiger partial charge in [0.25, 0.3) is 0 Å². The molecule has 1 aliphatic carbocycles. The molecule has 1 fully saturated rings. The first-order chi connectivity index (χ1) is 9.55. The van der Waals surface area contributed by atoms with Crippen LogP contribution in [0.5, 0.6) is 0 Å². The fourth-order valence-corrected chi connectivity index (χ4v) is 3.05. The summed E-state index contributed by atoms with van der Waals surface area (Å²) in [5, 5.41) is 3.76. The van der Waals surface area contributed by atoms with E-state index in [0.29, 0.717) is 0 Å². The molecule has 2 rings (SSSR count). The molecule has 1 aromatic carbocycles. The molecule has 0 aromatic heterocycles. The van der Waals surface area contributed by atoms with Crippen LogP contribution in [0.25, 0.3) is 0 Å². The summed E-state index contributed by atoms with van der Waals surface area (Å²) in [6, 6.07) is 9.88. The zero-order chi connectivity index (χ0) is 14.4. The van der Waals surface area contributed by atoms with E-state index in [0.717, 1.165) is 12.6 Å². The molecule has 1 N–H and O–H groups in total. The van der Waals surface area contributed by atoms with Crippen molar-refractivity contribution in [3.63, 3.8) is 0 Å². The predicted octanol–water partition coefficient (Wildman–Crippen LogP) is 5.19. The molecule has 0 spiro atoms. The maximum Gasteiger partial charge on any atom is 0.0208 e. The highest BCUT2D eigenvalue weighted by Gasteiger charge is 2.13. The Labute approximate surface area is 125 Å². The van der Waals surface area contributed by atoms with Gasteiger partial charge in [-0.3, -0.25) is 0 Å². The first-order valence-corrected chi connectivity index (χ1v) is 8.38. The summed E-state index contributed by atoms with van der Waals surface area (Å²) in [6.07, 6.45) is 9.83. The normalized spacial score (nSPS) is 18.6. The van der Waals surface area contributed by atoms with Gasteiger partial charge in [0.1, 0.15) is 0 Å². The minimum atomic E-state index is 0.255. The van der Waals surface area contributed by atoms with Crippen LogP contribution in [0, 0.1) is 0 Å². The van der Waals surface area contributed by atoms with Gasteiger partial charge in [0.05, 0.1) is 0 Å². The summed E-state index contributed by atoms with van der Waals surface area (Å²) in [5.74, 6) is 0. The van der Waals surface area contributed by atoms with E-state index in [1.165, 1.54) is 56.1 Å². The van der Waals surface area contributed by atoms with Crippen LogP contribution in [0.4, 0.5) is 0 Å². The third-order valence-electron chi connectivity index (χ3n) is 4.52. The van der Waals surface area contributed by atoms with Gasteiger partial charge in [-0.1, -0.05) is 77.1 Å². The second-order valence-corrected chi connectivity index (χ2v) is 7.37. The summed E-state index contributed by atoms with van der Waals surface area (Å²) in [6.45, 7) is 7.84. The monoisotopic (exact) mass is 273 g/mol. The molecule has 0 unspecified atom stereocenters. The van der Waals surface area contributed by atoms with E-state index in [1.54, 1.807) is 0 Å². The van der Waals surface area contributed by atoms with Gasteiger partial charge in [0.15, 0.2) is 0 Å². The van der Waals surface area contributed by atoms with Crippen LogP contribution in [0.3, 0.4) is 0 Å². The van der Waals surface area contributed by atoms with Crippen molar-refractivity contribution in [2.75, 3.05) is 0 Å². The summed E-state index contributed by atoms with van der Waals surface area (Å²) in [7, 11) is 0. The Morgan fingerprint density at radius 3 is 2.00 bits per heavy atom. The van der Waals surface area contributed by atoms with Gasteiger partial charge in [0, 0.05) is 12.6 Å². The average Bonchev–Trinajstić information content (AvgIpc) is 2.37. The summed E-state index contributed by atoms with van der Waals surface area (Å²) in [4.78, 5) is 0. The van der Waals surface area contributed by atoms with Gasteiger partial charge in [-0.2, -0.15) is 0 Å². The van der Waals surface area contributed by atoms with Crippen LogP contribution >= 0.6 is 0 Å². The van der Waals surface area contributed by atoms with E-state index in [4.69, 9.17) is 0 Å². The fourth-order valence-electron chi connectivity index (χ4n) is 3.05. The van der Waals surface area contributed by atoms with Gasteiger partial charge < -0.3 is 5.32 Å². The van der Waals surface area contributed by atoms with Gasteiger partial charge >= 0.3 is 0 Å². The highest BCUT2D eigenvalue weighted by molar-refractivity contribution is 5.27. The lowest BCUT2D eigenvalue weighted by Gasteiger charge is -2.22. The Hall–Kier alpha value is -0.820. The molecule has 1 aliphatic rings. The molecule has 1 nitrogen and oxygen atoms in total. The minimum Gasteiger partial charge on any atom is -0.310 e. The van der Waals surface area contributed by atoms with Crippen molar-refractivity contribution in [1.82, 2.24) is 5.32 Å². The number of hydrogen-bond donors (Lipinski definition) is 1. The largest absolute Gasteiger partial charge is 0.310 e. The first kappa shape index (κ1) is 15.6. The Kier molecular flexibility index (Phi) is 5.65. The molecule has 112 valence electrons.